The second kappa shape index (κ2) is 4.11. The van der Waals surface area contributed by atoms with E-state index < -0.39 is 11.3 Å². The normalized spacial score (nSPS) is 13.7. The fourth-order valence-electron chi connectivity index (χ4n) is 1.32. The molecule has 1 unspecified atom stereocenters. The molecule has 1 rings (SSSR count). The molecule has 0 aliphatic heterocycles. The minimum Gasteiger partial charge on any atom is -0.289 e. The zero-order valence-corrected chi connectivity index (χ0v) is 9.39. The molecule has 1 aromatic rings. The Morgan fingerprint density at radius 2 is 1.86 bits per heavy atom. The molecule has 0 fully saturated rings. The molecule has 2 N–H and O–H groups in total. The van der Waals surface area contributed by atoms with Gasteiger partial charge >= 0.3 is 0 Å². The molecule has 14 heavy (non-hydrogen) atoms. The van der Waals surface area contributed by atoms with E-state index in [4.69, 9.17) is 4.55 Å². The Bertz CT molecular complexity index is 344. The molecule has 1 atom stereocenters. The number of rotatable bonds is 2. The Hall–Kier alpha value is -0.870. The van der Waals surface area contributed by atoms with Crippen LogP contribution in [0.4, 0.5) is 5.69 Å². The van der Waals surface area contributed by atoms with Gasteiger partial charge in [0.2, 0.25) is 0 Å². The molecule has 4 heteroatoms. The third-order valence-electron chi connectivity index (χ3n) is 1.93. The minimum absolute atomic E-state index is 0.0387. The number of nitrogens with one attached hydrogen (secondary N) is 1. The van der Waals surface area contributed by atoms with Crippen molar-refractivity contribution in [1.29, 1.82) is 0 Å². The van der Waals surface area contributed by atoms with E-state index in [-0.39, 0.29) is 5.41 Å². The first-order chi connectivity index (χ1) is 6.41. The number of para-hydroxylation sites is 1. The summed E-state index contributed by atoms with van der Waals surface area (Å²) in [5.74, 6) is 0. The molecule has 78 valence electrons. The molecule has 0 saturated carbocycles. The van der Waals surface area contributed by atoms with Gasteiger partial charge in [0.05, 0.1) is 5.69 Å². The van der Waals surface area contributed by atoms with Crippen LogP contribution in [0.1, 0.15) is 26.3 Å². The van der Waals surface area contributed by atoms with Gasteiger partial charge in [0.25, 0.3) is 11.3 Å². The van der Waals surface area contributed by atoms with Gasteiger partial charge in [0, 0.05) is 0 Å². The lowest BCUT2D eigenvalue weighted by Gasteiger charge is -2.22. The standard InChI is InChI=1S/C10H15NO2S/c1-10(2,3)8-6-4-5-7-9(8)11-14(12)13/h4-7,11H,1-3H3,(H,12,13). The summed E-state index contributed by atoms with van der Waals surface area (Å²) in [7, 11) is 0. The number of hydrogen-bond donors (Lipinski definition) is 2. The first-order valence-corrected chi connectivity index (χ1v) is 5.49. The number of anilines is 1. The van der Waals surface area contributed by atoms with Crippen LogP contribution in [0.25, 0.3) is 0 Å². The predicted octanol–water partition coefficient (Wildman–Crippen LogP) is 2.53. The summed E-state index contributed by atoms with van der Waals surface area (Å²) in [5, 5.41) is 0. The van der Waals surface area contributed by atoms with Crippen LogP contribution in [-0.2, 0) is 16.7 Å². The van der Waals surface area contributed by atoms with E-state index in [2.05, 4.69) is 25.5 Å². The first kappa shape index (κ1) is 11.2. The van der Waals surface area contributed by atoms with Crippen LogP contribution in [0, 0.1) is 0 Å². The maximum atomic E-state index is 10.6. The molecule has 0 heterocycles. The van der Waals surface area contributed by atoms with Gasteiger partial charge in [-0.3, -0.25) is 9.27 Å². The third kappa shape index (κ3) is 2.82. The molecule has 3 nitrogen and oxygen atoms in total. The minimum atomic E-state index is -2.01. The van der Waals surface area contributed by atoms with Crippen molar-refractivity contribution in [2.45, 2.75) is 26.2 Å². The summed E-state index contributed by atoms with van der Waals surface area (Å²) in [6.07, 6.45) is 0. The lowest BCUT2D eigenvalue weighted by molar-refractivity contribution is 0.569. The highest BCUT2D eigenvalue weighted by molar-refractivity contribution is 7.80. The Labute approximate surface area is 87.0 Å². The first-order valence-electron chi connectivity index (χ1n) is 4.38. The highest BCUT2D eigenvalue weighted by Gasteiger charge is 2.17. The monoisotopic (exact) mass is 213 g/mol. The quantitative estimate of drug-likeness (QED) is 0.742. The summed E-state index contributed by atoms with van der Waals surface area (Å²) < 4.78 is 21.9. The van der Waals surface area contributed by atoms with E-state index in [0.29, 0.717) is 5.69 Å². The molecule has 0 aliphatic rings. The van der Waals surface area contributed by atoms with E-state index >= 15 is 0 Å². The highest BCUT2D eigenvalue weighted by Crippen LogP contribution is 2.29. The van der Waals surface area contributed by atoms with Gasteiger partial charge in [0.1, 0.15) is 0 Å². The fourth-order valence-corrected chi connectivity index (χ4v) is 1.69. The van der Waals surface area contributed by atoms with E-state index in [0.717, 1.165) is 5.56 Å². The van der Waals surface area contributed by atoms with Crippen LogP contribution in [0.3, 0.4) is 0 Å². The van der Waals surface area contributed by atoms with Crippen LogP contribution in [0.15, 0.2) is 24.3 Å². The van der Waals surface area contributed by atoms with Gasteiger partial charge in [-0.2, -0.15) is 0 Å². The van der Waals surface area contributed by atoms with Crippen LogP contribution >= 0.6 is 0 Å². The molecular weight excluding hydrogens is 198 g/mol. The second-order valence-electron chi connectivity index (χ2n) is 4.15. The Kier molecular flexibility index (Phi) is 3.29. The highest BCUT2D eigenvalue weighted by atomic mass is 32.2. The summed E-state index contributed by atoms with van der Waals surface area (Å²) in [4.78, 5) is 0. The van der Waals surface area contributed by atoms with E-state index in [1.807, 2.05) is 18.2 Å². The average Bonchev–Trinajstić information content (AvgIpc) is 2.01. The van der Waals surface area contributed by atoms with E-state index in [9.17, 15) is 4.21 Å². The van der Waals surface area contributed by atoms with Gasteiger partial charge in [-0.05, 0) is 17.0 Å². The van der Waals surface area contributed by atoms with Crippen molar-refractivity contribution >= 4 is 17.0 Å². The van der Waals surface area contributed by atoms with E-state index in [1.54, 1.807) is 6.07 Å². The van der Waals surface area contributed by atoms with Crippen molar-refractivity contribution in [1.82, 2.24) is 0 Å². The van der Waals surface area contributed by atoms with Gasteiger partial charge in [-0.25, -0.2) is 4.21 Å². The molecule has 0 bridgehead atoms. The molecule has 0 aromatic heterocycles. The molecule has 0 radical (unpaired) electrons. The molecule has 1 aromatic carbocycles. The molecule has 0 saturated heterocycles. The van der Waals surface area contributed by atoms with Gasteiger partial charge in [-0.15, -0.1) is 0 Å². The summed E-state index contributed by atoms with van der Waals surface area (Å²) in [6, 6.07) is 7.51. The fraction of sp³-hybridized carbons (Fsp3) is 0.400. The summed E-state index contributed by atoms with van der Waals surface area (Å²) in [6.45, 7) is 6.19. The Morgan fingerprint density at radius 1 is 1.29 bits per heavy atom. The Balaban J connectivity index is 3.10. The SMILES string of the molecule is CC(C)(C)c1ccccc1NS(=O)O. The van der Waals surface area contributed by atoms with Crippen molar-refractivity contribution in [2.75, 3.05) is 4.72 Å². The second-order valence-corrected chi connectivity index (χ2v) is 4.85. The van der Waals surface area contributed by atoms with Gasteiger partial charge in [0.15, 0.2) is 0 Å². The van der Waals surface area contributed by atoms with Gasteiger partial charge in [-0.1, -0.05) is 39.0 Å². The van der Waals surface area contributed by atoms with Crippen molar-refractivity contribution in [3.8, 4) is 0 Å². The lowest BCUT2D eigenvalue weighted by Crippen LogP contribution is -2.15. The van der Waals surface area contributed by atoms with Crippen molar-refractivity contribution in [3.63, 3.8) is 0 Å². The largest absolute Gasteiger partial charge is 0.289 e. The van der Waals surface area contributed by atoms with Crippen LogP contribution in [0.2, 0.25) is 0 Å². The van der Waals surface area contributed by atoms with Crippen molar-refractivity contribution < 1.29 is 8.76 Å². The maximum Gasteiger partial charge on any atom is 0.259 e. The molecule has 0 amide bonds. The zero-order chi connectivity index (χ0) is 10.8. The van der Waals surface area contributed by atoms with Gasteiger partial charge < -0.3 is 0 Å². The molecule has 0 aliphatic carbocycles. The van der Waals surface area contributed by atoms with Crippen molar-refractivity contribution in [3.05, 3.63) is 29.8 Å². The summed E-state index contributed by atoms with van der Waals surface area (Å²) in [5.41, 5.74) is 1.70. The lowest BCUT2D eigenvalue weighted by atomic mass is 9.86. The number of benzene rings is 1. The average molecular weight is 213 g/mol. The topological polar surface area (TPSA) is 49.3 Å². The Morgan fingerprint density at radius 3 is 2.36 bits per heavy atom. The van der Waals surface area contributed by atoms with Crippen molar-refractivity contribution in [2.24, 2.45) is 0 Å². The predicted molar refractivity (Wildman–Crippen MR) is 59.5 cm³/mol. The van der Waals surface area contributed by atoms with E-state index in [1.165, 1.54) is 0 Å². The molecular formula is C10H15NO2S. The summed E-state index contributed by atoms with van der Waals surface area (Å²) >= 11 is -2.01. The van der Waals surface area contributed by atoms with Crippen LogP contribution in [-0.4, -0.2) is 8.76 Å². The van der Waals surface area contributed by atoms with Crippen LogP contribution in [0.5, 0.6) is 0 Å². The molecule has 0 spiro atoms. The number of hydrogen-bond acceptors (Lipinski definition) is 1. The smallest absolute Gasteiger partial charge is 0.259 e. The van der Waals surface area contributed by atoms with Crippen LogP contribution < -0.4 is 4.72 Å². The zero-order valence-electron chi connectivity index (χ0n) is 8.57. The maximum absolute atomic E-state index is 10.6. The third-order valence-corrected chi connectivity index (χ3v) is 2.33.